The highest BCUT2D eigenvalue weighted by molar-refractivity contribution is 7.59. The van der Waals surface area contributed by atoms with Crippen LogP contribution in [0.5, 0.6) is 0 Å². The quantitative estimate of drug-likeness (QED) is 0.189. The van der Waals surface area contributed by atoms with E-state index in [0.29, 0.717) is 31.2 Å². The zero-order chi connectivity index (χ0) is 37.7. The van der Waals surface area contributed by atoms with Gasteiger partial charge in [0.2, 0.25) is 35.4 Å². The van der Waals surface area contributed by atoms with Gasteiger partial charge < -0.3 is 9.80 Å². The maximum atomic E-state index is 12.4. The second-order valence-electron chi connectivity index (χ2n) is 16.0. The number of imide groups is 2. The molecule has 0 aromatic rings. The Morgan fingerprint density at radius 3 is 1.29 bits per heavy atom. The SMILES string of the molecule is CC.CC.C[C@H]1CCN(C(=O)CCCCCN2C(=O)CC(C(C)(C)C)C2=O)C1.C[C@H]1CCN(C(=O)CCN2C(=O)CC(C(C)(C)C)C2=O)C1.S.S. The van der Waals surface area contributed by atoms with Gasteiger partial charge in [-0.15, -0.1) is 0 Å². The van der Waals surface area contributed by atoms with Crippen molar-refractivity contribution in [3.8, 4) is 0 Å². The zero-order valence-corrected chi connectivity index (χ0v) is 36.2. The maximum absolute atomic E-state index is 12.4. The van der Waals surface area contributed by atoms with Crippen LogP contribution in [0.3, 0.4) is 0 Å². The standard InChI is InChI=1S/C19H32N2O3.C16H26N2O3.2C2H6.2H2S/c1-14-9-11-20(13-14)16(22)8-6-5-7-10-21-17(23)12-15(18(21)24)19(2,3)4;1-11-5-7-17(10-11)13(19)6-8-18-14(20)9-12(15(18)21)16(2,3)4;2*1-2;;/h14-15H,5-13H2,1-4H3;11-12H,5-10H2,1-4H3;2*1-2H3;2*1H2/t14-,15?;11-,12?;;;;/m00..../s1. The van der Waals surface area contributed by atoms with Crippen LogP contribution in [0.1, 0.15) is 141 Å². The van der Waals surface area contributed by atoms with E-state index in [1.165, 1.54) is 9.80 Å². The summed E-state index contributed by atoms with van der Waals surface area (Å²) in [6.45, 7) is 28.4. The van der Waals surface area contributed by atoms with Gasteiger partial charge in [-0.25, -0.2) is 0 Å². The van der Waals surface area contributed by atoms with Crippen molar-refractivity contribution in [2.45, 2.75) is 141 Å². The Morgan fingerprint density at radius 2 is 0.961 bits per heavy atom. The van der Waals surface area contributed by atoms with Crippen molar-refractivity contribution in [1.29, 1.82) is 0 Å². The van der Waals surface area contributed by atoms with Gasteiger partial charge in [-0.05, 0) is 48.3 Å². The summed E-state index contributed by atoms with van der Waals surface area (Å²) >= 11 is 0. The number of unbranched alkanes of at least 4 members (excludes halogenated alkanes) is 2. The predicted octanol–water partition coefficient (Wildman–Crippen LogP) is 6.78. The molecule has 4 aliphatic heterocycles. The summed E-state index contributed by atoms with van der Waals surface area (Å²) in [5.41, 5.74) is -0.378. The van der Waals surface area contributed by atoms with Gasteiger partial charge in [0.15, 0.2) is 0 Å². The van der Waals surface area contributed by atoms with E-state index in [-0.39, 0.29) is 104 Å². The van der Waals surface area contributed by atoms with Crippen LogP contribution < -0.4 is 0 Å². The van der Waals surface area contributed by atoms with E-state index in [0.717, 1.165) is 58.3 Å². The van der Waals surface area contributed by atoms with Crippen molar-refractivity contribution in [2.24, 2.45) is 34.5 Å². The molecule has 2 unspecified atom stereocenters. The lowest BCUT2D eigenvalue weighted by molar-refractivity contribution is -0.142. The third-order valence-corrected chi connectivity index (χ3v) is 9.95. The van der Waals surface area contributed by atoms with E-state index in [9.17, 15) is 28.8 Å². The topological polar surface area (TPSA) is 115 Å². The predicted molar refractivity (Wildman–Crippen MR) is 216 cm³/mol. The molecule has 4 aliphatic rings. The molecule has 0 N–H and O–H groups in total. The Hall–Kier alpha value is -2.08. The summed E-state index contributed by atoms with van der Waals surface area (Å²) in [6.07, 6.45) is 6.11. The largest absolute Gasteiger partial charge is 0.342 e. The molecule has 298 valence electrons. The van der Waals surface area contributed by atoms with Crippen LogP contribution in [0, 0.1) is 34.5 Å². The van der Waals surface area contributed by atoms with Gasteiger partial charge in [-0.3, -0.25) is 38.6 Å². The Morgan fingerprint density at radius 1 is 0.588 bits per heavy atom. The summed E-state index contributed by atoms with van der Waals surface area (Å²) in [5.74, 6) is 0.718. The van der Waals surface area contributed by atoms with Crippen LogP contribution in [0.25, 0.3) is 0 Å². The normalized spacial score (nSPS) is 23.1. The van der Waals surface area contributed by atoms with Gasteiger partial charge in [-0.1, -0.05) is 89.5 Å². The highest BCUT2D eigenvalue weighted by Gasteiger charge is 2.45. The van der Waals surface area contributed by atoms with Gasteiger partial charge in [0, 0.05) is 65.0 Å². The number of rotatable bonds is 9. The molecule has 0 saturated carbocycles. The van der Waals surface area contributed by atoms with Gasteiger partial charge in [-0.2, -0.15) is 27.0 Å². The van der Waals surface area contributed by atoms with Gasteiger partial charge in [0.1, 0.15) is 0 Å². The molecule has 10 nitrogen and oxygen atoms in total. The van der Waals surface area contributed by atoms with Crippen molar-refractivity contribution in [2.75, 3.05) is 39.3 Å². The molecule has 0 aromatic carbocycles. The Kier molecular flexibility index (Phi) is 23.6. The molecule has 4 fully saturated rings. The van der Waals surface area contributed by atoms with E-state index < -0.39 is 0 Å². The number of hydrogen-bond donors (Lipinski definition) is 0. The molecule has 0 spiro atoms. The van der Waals surface area contributed by atoms with Crippen LogP contribution >= 0.6 is 27.0 Å². The van der Waals surface area contributed by atoms with Crippen LogP contribution in [-0.2, 0) is 28.8 Å². The minimum atomic E-state index is -0.257. The number of amides is 6. The summed E-state index contributed by atoms with van der Waals surface area (Å²) in [7, 11) is 0. The fourth-order valence-corrected chi connectivity index (χ4v) is 6.76. The van der Waals surface area contributed by atoms with Gasteiger partial charge >= 0.3 is 0 Å². The molecule has 4 heterocycles. The highest BCUT2D eigenvalue weighted by Crippen LogP contribution is 2.36. The lowest BCUT2D eigenvalue weighted by Gasteiger charge is -2.25. The van der Waals surface area contributed by atoms with Crippen LogP contribution in [0.4, 0.5) is 0 Å². The second-order valence-corrected chi connectivity index (χ2v) is 16.0. The van der Waals surface area contributed by atoms with Crippen molar-refractivity contribution in [3.05, 3.63) is 0 Å². The fraction of sp³-hybridized carbons (Fsp3) is 0.846. The first-order valence-corrected chi connectivity index (χ1v) is 19.1. The highest BCUT2D eigenvalue weighted by atomic mass is 32.1. The summed E-state index contributed by atoms with van der Waals surface area (Å²) < 4.78 is 0. The molecule has 4 saturated heterocycles. The number of carbonyl (C=O) groups excluding carboxylic acids is 6. The molecular formula is C39H74N4O6S2. The monoisotopic (exact) mass is 759 g/mol. The minimum absolute atomic E-state index is 0. The maximum Gasteiger partial charge on any atom is 0.233 e. The van der Waals surface area contributed by atoms with E-state index >= 15 is 0 Å². The Balaban J connectivity index is 0. The van der Waals surface area contributed by atoms with Crippen molar-refractivity contribution >= 4 is 62.4 Å². The van der Waals surface area contributed by atoms with E-state index in [1.807, 2.05) is 79.0 Å². The van der Waals surface area contributed by atoms with Crippen molar-refractivity contribution < 1.29 is 28.8 Å². The average Bonchev–Trinajstić information content (AvgIpc) is 3.81. The number of likely N-dealkylation sites (tertiary alicyclic amines) is 4. The Labute approximate surface area is 324 Å². The first-order chi connectivity index (χ1) is 22.9. The molecule has 4 rings (SSSR count). The lowest BCUT2D eigenvalue weighted by Crippen LogP contribution is -2.37. The molecule has 0 radical (unpaired) electrons. The minimum Gasteiger partial charge on any atom is -0.342 e. The first-order valence-electron chi connectivity index (χ1n) is 19.1. The Bertz CT molecular complexity index is 1140. The summed E-state index contributed by atoms with van der Waals surface area (Å²) in [5, 5.41) is 0. The van der Waals surface area contributed by atoms with Crippen LogP contribution in [0.15, 0.2) is 0 Å². The molecule has 0 aliphatic carbocycles. The average molecular weight is 759 g/mol. The summed E-state index contributed by atoms with van der Waals surface area (Å²) in [6, 6.07) is 0. The molecule has 51 heavy (non-hydrogen) atoms. The summed E-state index contributed by atoms with van der Waals surface area (Å²) in [4.78, 5) is 79.5. The number of carbonyl (C=O) groups is 6. The molecule has 4 atom stereocenters. The zero-order valence-electron chi connectivity index (χ0n) is 34.2. The van der Waals surface area contributed by atoms with Crippen LogP contribution in [0.2, 0.25) is 0 Å². The fourth-order valence-electron chi connectivity index (χ4n) is 6.76. The molecule has 12 heteroatoms. The van der Waals surface area contributed by atoms with Gasteiger partial charge in [0.05, 0.1) is 11.8 Å². The first kappa shape index (κ1) is 51.0. The second kappa shape index (κ2) is 23.6. The molecule has 6 amide bonds. The smallest absolute Gasteiger partial charge is 0.233 e. The van der Waals surface area contributed by atoms with E-state index in [2.05, 4.69) is 13.8 Å². The number of nitrogens with zero attached hydrogens (tertiary/aromatic N) is 4. The molecule has 0 bridgehead atoms. The number of hydrogen-bond acceptors (Lipinski definition) is 6. The lowest BCUT2D eigenvalue weighted by atomic mass is 9.80. The third-order valence-electron chi connectivity index (χ3n) is 9.95. The van der Waals surface area contributed by atoms with Gasteiger partial charge in [0.25, 0.3) is 0 Å². The van der Waals surface area contributed by atoms with E-state index in [4.69, 9.17) is 0 Å². The third kappa shape index (κ3) is 15.4. The van der Waals surface area contributed by atoms with Crippen LogP contribution in [-0.4, -0.2) is 94.3 Å². The molecule has 0 aromatic heterocycles. The molecular weight excluding hydrogens is 685 g/mol. The van der Waals surface area contributed by atoms with Crippen molar-refractivity contribution in [3.63, 3.8) is 0 Å². The van der Waals surface area contributed by atoms with Crippen molar-refractivity contribution in [1.82, 2.24) is 19.6 Å². The van der Waals surface area contributed by atoms with E-state index in [1.54, 1.807) is 0 Å².